The van der Waals surface area contributed by atoms with Crippen LogP contribution in [0.4, 0.5) is 0 Å². The lowest BCUT2D eigenvalue weighted by Crippen LogP contribution is -2.18. The van der Waals surface area contributed by atoms with Gasteiger partial charge in [0.15, 0.2) is 5.78 Å². The third-order valence-electron chi connectivity index (χ3n) is 2.60. The molecular formula is C14H13NO3. The van der Waals surface area contributed by atoms with Gasteiger partial charge in [0.05, 0.1) is 11.5 Å². The van der Waals surface area contributed by atoms with Crippen LogP contribution >= 0.6 is 0 Å². The average Bonchev–Trinajstić information content (AvgIpc) is 2.39. The lowest BCUT2D eigenvalue weighted by Gasteiger charge is -2.14. The molecule has 0 amide bonds. The summed E-state index contributed by atoms with van der Waals surface area (Å²) in [6.07, 6.45) is 4.75. The largest absolute Gasteiger partial charge is 0.412 e. The summed E-state index contributed by atoms with van der Waals surface area (Å²) in [5.41, 5.74) is 6.87. The van der Waals surface area contributed by atoms with Gasteiger partial charge in [-0.05, 0) is 12.2 Å². The Labute approximate surface area is 104 Å². The summed E-state index contributed by atoms with van der Waals surface area (Å²) in [7, 11) is 0. The van der Waals surface area contributed by atoms with Crippen LogP contribution in [0.15, 0.2) is 59.8 Å². The Hall–Kier alpha value is -2.42. The molecule has 0 aliphatic heterocycles. The Kier molecular flexibility index (Phi) is 4.38. The summed E-state index contributed by atoms with van der Waals surface area (Å²) in [4.78, 5) is 23.0. The second-order valence-electron chi connectivity index (χ2n) is 3.77. The van der Waals surface area contributed by atoms with Gasteiger partial charge in [-0.25, -0.2) is 4.79 Å². The minimum absolute atomic E-state index is 0. The molecule has 0 saturated carbocycles. The molecule has 92 valence electrons. The second kappa shape index (κ2) is 5.77. The summed E-state index contributed by atoms with van der Waals surface area (Å²) in [5.74, 6) is 1.07. The van der Waals surface area contributed by atoms with E-state index in [9.17, 15) is 9.59 Å². The fourth-order valence-corrected chi connectivity index (χ4v) is 1.73. The van der Waals surface area contributed by atoms with Crippen molar-refractivity contribution in [2.75, 3.05) is 0 Å². The van der Waals surface area contributed by atoms with Gasteiger partial charge in [0.25, 0.3) is 0 Å². The highest BCUT2D eigenvalue weighted by molar-refractivity contribution is 6.02. The molecule has 1 unspecified atom stereocenters. The molecule has 0 heterocycles. The zero-order valence-corrected chi connectivity index (χ0v) is 9.59. The van der Waals surface area contributed by atoms with Gasteiger partial charge >= 0.3 is 0 Å². The van der Waals surface area contributed by atoms with E-state index in [2.05, 4.69) is 0 Å². The standard InChI is InChI=1S/C14H11NO2.H2O/c15-12-6-7-13(11(8-12)9-16)14(17)10-4-2-1-3-5-10;/h1-8,13H,15H2;1H2. The Bertz CT molecular complexity index is 552. The predicted octanol–water partition coefficient (Wildman–Crippen LogP) is 0.831. The molecule has 0 fully saturated rings. The van der Waals surface area contributed by atoms with Crippen LogP contribution in [-0.2, 0) is 4.79 Å². The smallest absolute Gasteiger partial charge is 0.174 e. The molecular weight excluding hydrogens is 230 g/mol. The topological polar surface area (TPSA) is 91.7 Å². The van der Waals surface area contributed by atoms with Crippen molar-refractivity contribution in [3.05, 3.63) is 65.4 Å². The van der Waals surface area contributed by atoms with Crippen molar-refractivity contribution in [3.8, 4) is 0 Å². The highest BCUT2D eigenvalue weighted by Gasteiger charge is 2.23. The maximum atomic E-state index is 12.2. The first-order chi connectivity index (χ1) is 8.22. The lowest BCUT2D eigenvalue weighted by atomic mass is 9.87. The highest BCUT2D eigenvalue weighted by atomic mass is 16.1. The fraction of sp³-hybridized carbons (Fsp3) is 0.0714. The van der Waals surface area contributed by atoms with Crippen LogP contribution in [0.1, 0.15) is 10.4 Å². The number of hydrogen-bond acceptors (Lipinski definition) is 3. The van der Waals surface area contributed by atoms with Crippen molar-refractivity contribution >= 4 is 11.7 Å². The first-order valence-corrected chi connectivity index (χ1v) is 5.22. The molecule has 4 nitrogen and oxygen atoms in total. The van der Waals surface area contributed by atoms with Gasteiger partial charge in [-0.3, -0.25) is 4.79 Å². The van der Waals surface area contributed by atoms with E-state index in [1.165, 1.54) is 6.08 Å². The lowest BCUT2D eigenvalue weighted by molar-refractivity contribution is 0.0962. The first kappa shape index (κ1) is 13.6. The van der Waals surface area contributed by atoms with Crippen molar-refractivity contribution in [2.24, 2.45) is 11.7 Å². The van der Waals surface area contributed by atoms with Gasteiger partial charge in [0, 0.05) is 11.3 Å². The molecule has 0 aromatic heterocycles. The molecule has 2 rings (SSSR count). The highest BCUT2D eigenvalue weighted by Crippen LogP contribution is 2.22. The van der Waals surface area contributed by atoms with E-state index >= 15 is 0 Å². The van der Waals surface area contributed by atoms with E-state index in [0.29, 0.717) is 11.3 Å². The number of rotatable bonds is 2. The van der Waals surface area contributed by atoms with Crippen LogP contribution in [0.2, 0.25) is 0 Å². The van der Waals surface area contributed by atoms with Crippen LogP contribution < -0.4 is 5.73 Å². The van der Waals surface area contributed by atoms with Crippen LogP contribution in [0.3, 0.4) is 0 Å². The monoisotopic (exact) mass is 243 g/mol. The van der Waals surface area contributed by atoms with Crippen LogP contribution in [-0.4, -0.2) is 17.2 Å². The average molecular weight is 243 g/mol. The van der Waals surface area contributed by atoms with E-state index in [0.717, 1.165) is 0 Å². The van der Waals surface area contributed by atoms with E-state index in [4.69, 9.17) is 5.73 Å². The van der Waals surface area contributed by atoms with Crippen molar-refractivity contribution in [2.45, 2.75) is 0 Å². The minimum Gasteiger partial charge on any atom is -0.412 e. The fourth-order valence-electron chi connectivity index (χ4n) is 1.73. The Balaban J connectivity index is 0.00000162. The maximum Gasteiger partial charge on any atom is 0.174 e. The van der Waals surface area contributed by atoms with Gasteiger partial charge in [-0.1, -0.05) is 36.4 Å². The molecule has 4 heteroatoms. The maximum absolute atomic E-state index is 12.2. The number of allylic oxidation sites excluding steroid dienone is 4. The molecule has 1 aliphatic carbocycles. The van der Waals surface area contributed by atoms with E-state index < -0.39 is 5.92 Å². The zero-order valence-electron chi connectivity index (χ0n) is 9.59. The number of benzene rings is 1. The SMILES string of the molecule is NC1=CC(=C=O)C(C(=O)c2ccccc2)C=C1.O. The Morgan fingerprint density at radius 2 is 1.89 bits per heavy atom. The van der Waals surface area contributed by atoms with Gasteiger partial charge < -0.3 is 11.2 Å². The molecule has 0 radical (unpaired) electrons. The van der Waals surface area contributed by atoms with Crippen molar-refractivity contribution in [3.63, 3.8) is 0 Å². The summed E-state index contributed by atoms with van der Waals surface area (Å²) in [6, 6.07) is 8.85. The first-order valence-electron chi connectivity index (χ1n) is 5.22. The number of ketones is 1. The summed E-state index contributed by atoms with van der Waals surface area (Å²) in [5, 5.41) is 0. The molecule has 0 spiro atoms. The molecule has 0 saturated heterocycles. The van der Waals surface area contributed by atoms with Crippen LogP contribution in [0.5, 0.6) is 0 Å². The van der Waals surface area contributed by atoms with Gasteiger partial charge in [0.1, 0.15) is 5.94 Å². The second-order valence-corrected chi connectivity index (χ2v) is 3.77. The van der Waals surface area contributed by atoms with Gasteiger partial charge in [-0.2, -0.15) is 0 Å². The molecule has 18 heavy (non-hydrogen) atoms. The van der Waals surface area contributed by atoms with Crippen molar-refractivity contribution < 1.29 is 15.1 Å². The number of Topliss-reactive ketones (excluding diaryl/α,β-unsaturated/α-hetero) is 1. The normalized spacial score (nSPS) is 17.4. The quantitative estimate of drug-likeness (QED) is 0.616. The number of hydrogen-bond donors (Lipinski definition) is 1. The molecule has 1 aliphatic rings. The van der Waals surface area contributed by atoms with Gasteiger partial charge in [0.2, 0.25) is 0 Å². The third-order valence-corrected chi connectivity index (χ3v) is 2.60. The summed E-state index contributed by atoms with van der Waals surface area (Å²) in [6.45, 7) is 0. The van der Waals surface area contributed by atoms with E-state index in [-0.39, 0.29) is 16.8 Å². The Morgan fingerprint density at radius 1 is 1.22 bits per heavy atom. The van der Waals surface area contributed by atoms with Crippen molar-refractivity contribution in [1.29, 1.82) is 0 Å². The van der Waals surface area contributed by atoms with Crippen LogP contribution in [0.25, 0.3) is 0 Å². The molecule has 4 N–H and O–H groups in total. The van der Waals surface area contributed by atoms with Gasteiger partial charge in [-0.15, -0.1) is 0 Å². The van der Waals surface area contributed by atoms with Crippen LogP contribution in [0, 0.1) is 5.92 Å². The number of carbonyl (C=O) groups excluding carboxylic acids is 2. The molecule has 1 aromatic carbocycles. The number of carbonyl (C=O) groups is 1. The molecule has 0 bridgehead atoms. The third kappa shape index (κ3) is 2.63. The molecule has 1 atom stereocenters. The summed E-state index contributed by atoms with van der Waals surface area (Å²) < 4.78 is 0. The van der Waals surface area contributed by atoms with Crippen molar-refractivity contribution in [1.82, 2.24) is 0 Å². The predicted molar refractivity (Wildman–Crippen MR) is 68.5 cm³/mol. The molecule has 1 aromatic rings. The number of nitrogens with two attached hydrogens (primary N) is 1. The summed E-state index contributed by atoms with van der Waals surface area (Å²) >= 11 is 0. The van der Waals surface area contributed by atoms with E-state index in [1.54, 1.807) is 42.4 Å². The Morgan fingerprint density at radius 3 is 2.50 bits per heavy atom. The zero-order chi connectivity index (χ0) is 12.3. The minimum atomic E-state index is -0.581. The van der Waals surface area contributed by atoms with E-state index in [1.807, 2.05) is 6.07 Å².